The van der Waals surface area contributed by atoms with Crippen molar-refractivity contribution in [2.24, 2.45) is 0 Å². The van der Waals surface area contributed by atoms with E-state index >= 15 is 0 Å². The van der Waals surface area contributed by atoms with Crippen molar-refractivity contribution in [2.75, 3.05) is 12.4 Å². The van der Waals surface area contributed by atoms with Gasteiger partial charge in [-0.2, -0.15) is 0 Å². The van der Waals surface area contributed by atoms with Crippen molar-refractivity contribution in [3.63, 3.8) is 0 Å². The molecule has 112 valence electrons. The standard InChI is InChI=1S/C15H16Cl2N2OS/c1-10(19(2)9-12-4-3-7-21-12)15(20)18-14-8-11(16)5-6-13(14)17/h3-8,10H,9H2,1-2H3,(H,18,20)/p+1/t10-/m0/s1. The molecule has 0 aliphatic carbocycles. The van der Waals surface area contributed by atoms with Gasteiger partial charge >= 0.3 is 0 Å². The van der Waals surface area contributed by atoms with Crippen LogP contribution in [0.3, 0.4) is 0 Å². The first kappa shape index (κ1) is 16.3. The third kappa shape index (κ3) is 4.45. The highest BCUT2D eigenvalue weighted by molar-refractivity contribution is 7.09. The van der Waals surface area contributed by atoms with Crippen LogP contribution in [-0.2, 0) is 11.3 Å². The van der Waals surface area contributed by atoms with Crippen LogP contribution in [0.15, 0.2) is 35.7 Å². The monoisotopic (exact) mass is 343 g/mol. The van der Waals surface area contributed by atoms with Crippen LogP contribution in [0.1, 0.15) is 11.8 Å². The molecule has 0 fully saturated rings. The Labute approximate surface area is 138 Å². The molecule has 1 unspecified atom stereocenters. The van der Waals surface area contributed by atoms with Crippen LogP contribution in [0.2, 0.25) is 10.0 Å². The van der Waals surface area contributed by atoms with Gasteiger partial charge in [-0.25, -0.2) is 0 Å². The molecule has 1 aromatic carbocycles. The summed E-state index contributed by atoms with van der Waals surface area (Å²) < 4.78 is 0. The van der Waals surface area contributed by atoms with Crippen molar-refractivity contribution >= 4 is 46.1 Å². The first-order chi connectivity index (χ1) is 9.97. The lowest BCUT2D eigenvalue weighted by Crippen LogP contribution is -3.12. The highest BCUT2D eigenvalue weighted by Gasteiger charge is 2.23. The van der Waals surface area contributed by atoms with Gasteiger partial charge < -0.3 is 10.2 Å². The number of hydrogen-bond donors (Lipinski definition) is 2. The van der Waals surface area contributed by atoms with E-state index in [1.807, 2.05) is 25.4 Å². The Kier molecular flexibility index (Phi) is 5.65. The van der Waals surface area contributed by atoms with Crippen molar-refractivity contribution in [1.82, 2.24) is 0 Å². The first-order valence-electron chi connectivity index (χ1n) is 6.58. The molecular formula is C15H17Cl2N2OS+. The Morgan fingerprint density at radius 1 is 1.38 bits per heavy atom. The second-order valence-electron chi connectivity index (χ2n) is 4.94. The fourth-order valence-electron chi connectivity index (χ4n) is 1.90. The number of hydrogen-bond acceptors (Lipinski definition) is 2. The first-order valence-corrected chi connectivity index (χ1v) is 8.21. The summed E-state index contributed by atoms with van der Waals surface area (Å²) in [6, 6.07) is 8.92. The number of nitrogens with one attached hydrogen (secondary N) is 2. The maximum absolute atomic E-state index is 12.3. The lowest BCUT2D eigenvalue weighted by Gasteiger charge is -2.20. The van der Waals surface area contributed by atoms with Crippen LogP contribution in [0.5, 0.6) is 0 Å². The van der Waals surface area contributed by atoms with E-state index < -0.39 is 0 Å². The number of anilines is 1. The zero-order chi connectivity index (χ0) is 15.4. The summed E-state index contributed by atoms with van der Waals surface area (Å²) >= 11 is 13.7. The van der Waals surface area contributed by atoms with E-state index in [1.54, 1.807) is 29.5 Å². The summed E-state index contributed by atoms with van der Waals surface area (Å²) in [6.07, 6.45) is 0. The maximum Gasteiger partial charge on any atom is 0.282 e. The summed E-state index contributed by atoms with van der Waals surface area (Å²) in [5.41, 5.74) is 0.546. The number of amides is 1. The molecule has 0 radical (unpaired) electrons. The number of carbonyl (C=O) groups is 1. The lowest BCUT2D eigenvalue weighted by atomic mass is 10.2. The van der Waals surface area contributed by atoms with Gasteiger partial charge in [0.2, 0.25) is 0 Å². The molecule has 0 aliphatic rings. The van der Waals surface area contributed by atoms with Crippen molar-refractivity contribution in [3.8, 4) is 0 Å². The van der Waals surface area contributed by atoms with Crippen molar-refractivity contribution < 1.29 is 9.69 Å². The number of quaternary nitrogens is 1. The number of likely N-dealkylation sites (N-methyl/N-ethyl adjacent to an activating group) is 1. The zero-order valence-electron chi connectivity index (χ0n) is 11.8. The fraction of sp³-hybridized carbons (Fsp3) is 0.267. The van der Waals surface area contributed by atoms with E-state index in [0.29, 0.717) is 15.7 Å². The quantitative estimate of drug-likeness (QED) is 0.859. The molecule has 0 bridgehead atoms. The average molecular weight is 344 g/mol. The third-order valence-electron chi connectivity index (χ3n) is 3.35. The number of benzene rings is 1. The zero-order valence-corrected chi connectivity index (χ0v) is 14.1. The van der Waals surface area contributed by atoms with Crippen molar-refractivity contribution in [1.29, 1.82) is 0 Å². The largest absolute Gasteiger partial charge is 0.323 e. The van der Waals surface area contributed by atoms with Crippen LogP contribution < -0.4 is 10.2 Å². The van der Waals surface area contributed by atoms with Crippen LogP contribution in [0.4, 0.5) is 5.69 Å². The number of thiophene rings is 1. The summed E-state index contributed by atoms with van der Waals surface area (Å²) in [7, 11) is 2.00. The van der Waals surface area contributed by atoms with E-state index in [9.17, 15) is 4.79 Å². The lowest BCUT2D eigenvalue weighted by molar-refractivity contribution is -0.907. The summed E-state index contributed by atoms with van der Waals surface area (Å²) in [4.78, 5) is 14.7. The molecule has 1 heterocycles. The Morgan fingerprint density at radius 3 is 2.81 bits per heavy atom. The van der Waals surface area contributed by atoms with E-state index in [4.69, 9.17) is 23.2 Å². The van der Waals surface area contributed by atoms with Crippen molar-refractivity contribution in [3.05, 3.63) is 50.6 Å². The summed E-state index contributed by atoms with van der Waals surface area (Å²) in [6.45, 7) is 2.71. The number of carbonyl (C=O) groups excluding carboxylic acids is 1. The van der Waals surface area contributed by atoms with Gasteiger partial charge in [0.05, 0.1) is 22.6 Å². The molecule has 2 rings (SSSR count). The van der Waals surface area contributed by atoms with E-state index in [0.717, 1.165) is 11.4 Å². The van der Waals surface area contributed by atoms with Crippen LogP contribution >= 0.6 is 34.5 Å². The molecule has 6 heteroatoms. The molecule has 2 aromatic rings. The minimum Gasteiger partial charge on any atom is -0.323 e. The normalized spacial score (nSPS) is 13.7. The molecule has 0 saturated heterocycles. The number of rotatable bonds is 5. The second-order valence-corrected chi connectivity index (χ2v) is 6.81. The smallest absolute Gasteiger partial charge is 0.282 e. The second kappa shape index (κ2) is 7.27. The van der Waals surface area contributed by atoms with Gasteiger partial charge in [0.15, 0.2) is 6.04 Å². The van der Waals surface area contributed by atoms with Gasteiger partial charge in [0.25, 0.3) is 5.91 Å². The molecule has 3 nitrogen and oxygen atoms in total. The molecule has 0 aliphatic heterocycles. The Hall–Kier alpha value is -1.07. The minimum atomic E-state index is -0.192. The molecule has 0 spiro atoms. The van der Waals surface area contributed by atoms with Gasteiger partial charge in [-0.1, -0.05) is 29.3 Å². The molecule has 21 heavy (non-hydrogen) atoms. The molecular weight excluding hydrogens is 327 g/mol. The van der Waals surface area contributed by atoms with E-state index in [1.165, 1.54) is 4.88 Å². The minimum absolute atomic E-state index is 0.0757. The van der Waals surface area contributed by atoms with Gasteiger partial charge in [-0.05, 0) is 36.6 Å². The summed E-state index contributed by atoms with van der Waals surface area (Å²) in [5, 5.41) is 5.90. The van der Waals surface area contributed by atoms with Crippen molar-refractivity contribution in [2.45, 2.75) is 19.5 Å². The SMILES string of the molecule is C[C@@H](C(=O)Nc1cc(Cl)ccc1Cl)[NH+](C)Cc1cccs1. The highest BCUT2D eigenvalue weighted by atomic mass is 35.5. The van der Waals surface area contributed by atoms with Crippen LogP contribution in [0, 0.1) is 0 Å². The third-order valence-corrected chi connectivity index (χ3v) is 4.79. The molecule has 2 N–H and O–H groups in total. The number of halogens is 2. The fourth-order valence-corrected chi connectivity index (χ4v) is 3.04. The maximum atomic E-state index is 12.3. The van der Waals surface area contributed by atoms with Gasteiger partial charge in [-0.15, -0.1) is 11.3 Å². The van der Waals surface area contributed by atoms with E-state index in [2.05, 4.69) is 11.4 Å². The predicted octanol–water partition coefficient (Wildman–Crippen LogP) is 3.10. The van der Waals surface area contributed by atoms with Gasteiger partial charge in [-0.3, -0.25) is 4.79 Å². The Balaban J connectivity index is 2.00. The molecule has 0 saturated carbocycles. The topological polar surface area (TPSA) is 33.5 Å². The Bertz CT molecular complexity index is 616. The summed E-state index contributed by atoms with van der Waals surface area (Å²) in [5.74, 6) is -0.0757. The molecule has 1 aromatic heterocycles. The van der Waals surface area contributed by atoms with Gasteiger partial charge in [0, 0.05) is 5.02 Å². The predicted molar refractivity (Wildman–Crippen MR) is 89.5 cm³/mol. The highest BCUT2D eigenvalue weighted by Crippen LogP contribution is 2.25. The van der Waals surface area contributed by atoms with Gasteiger partial charge in [0.1, 0.15) is 6.54 Å². The molecule has 2 atom stereocenters. The van der Waals surface area contributed by atoms with Crippen LogP contribution in [0.25, 0.3) is 0 Å². The van der Waals surface area contributed by atoms with Crippen LogP contribution in [-0.4, -0.2) is 19.0 Å². The Morgan fingerprint density at radius 2 is 2.14 bits per heavy atom. The molecule has 1 amide bonds. The van der Waals surface area contributed by atoms with E-state index in [-0.39, 0.29) is 11.9 Å². The average Bonchev–Trinajstić information content (AvgIpc) is 2.94.